The molecule has 0 aliphatic rings. The fraction of sp³-hybridized carbons (Fsp3) is 0.769. The molecule has 0 aliphatic carbocycles. The lowest BCUT2D eigenvalue weighted by Crippen LogP contribution is -2.47. The Kier molecular flexibility index (Phi) is 10.8. The number of ketones is 1. The molecule has 2 atom stereocenters. The monoisotopic (exact) mass is 286 g/mol. The van der Waals surface area contributed by atoms with Crippen LogP contribution in [-0.4, -0.2) is 50.2 Å². The molecule has 0 saturated heterocycles. The van der Waals surface area contributed by atoms with Gasteiger partial charge in [-0.3, -0.25) is 14.9 Å². The molecular weight excluding hydrogens is 260 g/mol. The smallest absolute Gasteiger partial charge is 0.234 e. The van der Waals surface area contributed by atoms with E-state index in [4.69, 9.17) is 11.5 Å². The number of amides is 1. The molecule has 0 radical (unpaired) electrons. The Bertz CT molecular complexity index is 310. The third-order valence-electron chi connectivity index (χ3n) is 3.12. The Labute approximate surface area is 119 Å². The second kappa shape index (κ2) is 11.5. The van der Waals surface area contributed by atoms with Crippen molar-refractivity contribution in [3.05, 3.63) is 0 Å². The van der Waals surface area contributed by atoms with Crippen LogP contribution in [0.1, 0.15) is 32.1 Å². The number of hydrogen-bond donors (Lipinski definition) is 4. The van der Waals surface area contributed by atoms with Gasteiger partial charge in [-0.2, -0.15) is 0 Å². The predicted octanol–water partition coefficient (Wildman–Crippen LogP) is -1.30. The van der Waals surface area contributed by atoms with Crippen molar-refractivity contribution in [1.29, 1.82) is 0 Å². The highest BCUT2D eigenvalue weighted by Crippen LogP contribution is 2.02. The van der Waals surface area contributed by atoms with E-state index in [1.54, 1.807) is 7.05 Å². The molecule has 0 aromatic carbocycles. The molecule has 1 amide bonds. The standard InChI is InChI=1S/C13H26N4O3/c1-16-10(5-2-3-7-14)12(19)9-17-11(13(15)20)6-4-8-18/h8,10-11,16-17H,2-7,9,14H2,1H3,(H2,15,20). The summed E-state index contributed by atoms with van der Waals surface area (Å²) in [6.07, 6.45) is 3.73. The van der Waals surface area contributed by atoms with Crippen LogP contribution in [-0.2, 0) is 14.4 Å². The quantitative estimate of drug-likeness (QED) is 0.246. The number of nitrogens with one attached hydrogen (secondary N) is 2. The molecule has 7 nitrogen and oxygen atoms in total. The highest BCUT2D eigenvalue weighted by atomic mass is 16.1. The molecular formula is C13H26N4O3. The van der Waals surface area contributed by atoms with Gasteiger partial charge in [0.15, 0.2) is 5.78 Å². The summed E-state index contributed by atoms with van der Waals surface area (Å²) in [4.78, 5) is 33.5. The summed E-state index contributed by atoms with van der Waals surface area (Å²) in [6, 6.07) is -0.903. The fourth-order valence-corrected chi connectivity index (χ4v) is 1.89. The lowest BCUT2D eigenvalue weighted by molar-refractivity contribution is -0.122. The maximum Gasteiger partial charge on any atom is 0.234 e. The van der Waals surface area contributed by atoms with E-state index in [0.717, 1.165) is 19.1 Å². The first-order valence-corrected chi connectivity index (χ1v) is 6.93. The summed E-state index contributed by atoms with van der Waals surface area (Å²) >= 11 is 0. The molecule has 0 saturated carbocycles. The SMILES string of the molecule is CNC(CCCCN)C(=O)CNC(CCC=O)C(N)=O. The second-order valence-electron chi connectivity index (χ2n) is 4.67. The van der Waals surface area contributed by atoms with Crippen LogP contribution in [0.4, 0.5) is 0 Å². The number of carbonyl (C=O) groups excluding carboxylic acids is 3. The first-order valence-electron chi connectivity index (χ1n) is 6.93. The Morgan fingerprint density at radius 3 is 2.40 bits per heavy atom. The summed E-state index contributed by atoms with van der Waals surface area (Å²) in [7, 11) is 1.73. The van der Waals surface area contributed by atoms with Crippen LogP contribution >= 0.6 is 0 Å². The summed E-state index contributed by atoms with van der Waals surface area (Å²) in [6.45, 7) is 0.666. The third-order valence-corrected chi connectivity index (χ3v) is 3.12. The number of nitrogens with two attached hydrogens (primary N) is 2. The van der Waals surface area contributed by atoms with Crippen LogP contribution in [0, 0.1) is 0 Å². The van der Waals surface area contributed by atoms with Crippen LogP contribution in [0.25, 0.3) is 0 Å². The molecule has 0 bridgehead atoms. The fourth-order valence-electron chi connectivity index (χ4n) is 1.89. The van der Waals surface area contributed by atoms with E-state index in [-0.39, 0.29) is 24.8 Å². The van der Waals surface area contributed by atoms with Gasteiger partial charge in [-0.1, -0.05) is 6.42 Å². The maximum atomic E-state index is 12.0. The molecule has 0 fully saturated rings. The molecule has 0 aliphatic heterocycles. The zero-order valence-corrected chi connectivity index (χ0v) is 12.1. The van der Waals surface area contributed by atoms with Crippen molar-refractivity contribution in [2.24, 2.45) is 11.5 Å². The molecule has 20 heavy (non-hydrogen) atoms. The molecule has 0 spiro atoms. The molecule has 0 heterocycles. The van der Waals surface area contributed by atoms with Gasteiger partial charge in [0.2, 0.25) is 5.91 Å². The van der Waals surface area contributed by atoms with Gasteiger partial charge in [-0.25, -0.2) is 0 Å². The van der Waals surface area contributed by atoms with Gasteiger partial charge in [0.25, 0.3) is 0 Å². The van der Waals surface area contributed by atoms with Gasteiger partial charge < -0.3 is 21.6 Å². The van der Waals surface area contributed by atoms with Gasteiger partial charge in [0.1, 0.15) is 6.29 Å². The van der Waals surface area contributed by atoms with Crippen LogP contribution in [0.3, 0.4) is 0 Å². The zero-order valence-electron chi connectivity index (χ0n) is 12.1. The van der Waals surface area contributed by atoms with Crippen LogP contribution in [0.5, 0.6) is 0 Å². The van der Waals surface area contributed by atoms with E-state index >= 15 is 0 Å². The Morgan fingerprint density at radius 2 is 1.90 bits per heavy atom. The minimum atomic E-state index is -0.648. The number of Topliss-reactive ketones (excluding diaryl/α,β-unsaturated/α-hetero) is 1. The highest BCUT2D eigenvalue weighted by Gasteiger charge is 2.19. The third kappa shape index (κ3) is 7.98. The van der Waals surface area contributed by atoms with Gasteiger partial charge >= 0.3 is 0 Å². The number of aldehydes is 1. The number of rotatable bonds is 13. The summed E-state index contributed by atoms with van der Waals surface area (Å²) < 4.78 is 0. The summed E-state index contributed by atoms with van der Waals surface area (Å²) in [5.74, 6) is -0.578. The topological polar surface area (TPSA) is 127 Å². The van der Waals surface area contributed by atoms with E-state index in [1.807, 2.05) is 0 Å². The minimum absolute atomic E-state index is 0.0260. The van der Waals surface area contributed by atoms with Gasteiger partial charge in [-0.05, 0) is 32.9 Å². The van der Waals surface area contributed by atoms with E-state index in [0.29, 0.717) is 19.4 Å². The van der Waals surface area contributed by atoms with Gasteiger partial charge in [0.05, 0.1) is 18.6 Å². The number of carbonyl (C=O) groups is 3. The maximum absolute atomic E-state index is 12.0. The molecule has 2 unspecified atom stereocenters. The highest BCUT2D eigenvalue weighted by molar-refractivity contribution is 5.87. The molecule has 0 aromatic heterocycles. The van der Waals surface area contributed by atoms with E-state index in [2.05, 4.69) is 10.6 Å². The number of unbranched alkanes of at least 4 members (excludes halogenated alkanes) is 1. The molecule has 6 N–H and O–H groups in total. The van der Waals surface area contributed by atoms with Crippen LogP contribution < -0.4 is 22.1 Å². The summed E-state index contributed by atoms with van der Waals surface area (Å²) in [5, 5.41) is 5.77. The van der Waals surface area contributed by atoms with Crippen molar-refractivity contribution in [3.63, 3.8) is 0 Å². The molecule has 7 heteroatoms. The van der Waals surface area contributed by atoms with Crippen molar-refractivity contribution in [2.45, 2.75) is 44.2 Å². The number of hydrogen-bond acceptors (Lipinski definition) is 6. The van der Waals surface area contributed by atoms with Crippen molar-refractivity contribution in [3.8, 4) is 0 Å². The molecule has 0 aromatic rings. The van der Waals surface area contributed by atoms with Crippen LogP contribution in [0.2, 0.25) is 0 Å². The van der Waals surface area contributed by atoms with E-state index < -0.39 is 11.9 Å². The van der Waals surface area contributed by atoms with Gasteiger partial charge in [0, 0.05) is 6.42 Å². The number of likely N-dealkylation sites (N-methyl/N-ethyl adjacent to an activating group) is 1. The van der Waals surface area contributed by atoms with Crippen molar-refractivity contribution >= 4 is 18.0 Å². The zero-order chi connectivity index (χ0) is 15.4. The van der Waals surface area contributed by atoms with Crippen molar-refractivity contribution < 1.29 is 14.4 Å². The van der Waals surface area contributed by atoms with Crippen molar-refractivity contribution in [1.82, 2.24) is 10.6 Å². The largest absolute Gasteiger partial charge is 0.368 e. The second-order valence-corrected chi connectivity index (χ2v) is 4.67. The average Bonchev–Trinajstić information content (AvgIpc) is 2.43. The Morgan fingerprint density at radius 1 is 1.20 bits per heavy atom. The normalized spacial score (nSPS) is 13.7. The first-order chi connectivity index (χ1) is 9.56. The van der Waals surface area contributed by atoms with E-state index in [1.165, 1.54) is 0 Å². The lowest BCUT2D eigenvalue weighted by atomic mass is 10.0. The van der Waals surface area contributed by atoms with Crippen LogP contribution in [0.15, 0.2) is 0 Å². The average molecular weight is 286 g/mol. The molecule has 116 valence electrons. The summed E-state index contributed by atoms with van der Waals surface area (Å²) in [5.41, 5.74) is 10.6. The van der Waals surface area contributed by atoms with Crippen molar-refractivity contribution in [2.75, 3.05) is 20.1 Å². The Balaban J connectivity index is 4.19. The molecule has 0 rings (SSSR count). The lowest BCUT2D eigenvalue weighted by Gasteiger charge is -2.18. The predicted molar refractivity (Wildman–Crippen MR) is 77.0 cm³/mol. The van der Waals surface area contributed by atoms with E-state index in [9.17, 15) is 14.4 Å². The minimum Gasteiger partial charge on any atom is -0.368 e. The first kappa shape index (κ1) is 18.7. The van der Waals surface area contributed by atoms with Gasteiger partial charge in [-0.15, -0.1) is 0 Å². The number of primary amides is 1. The Hall–Kier alpha value is -1.31.